The average Bonchev–Trinajstić information content (AvgIpc) is 3.43. The van der Waals surface area contributed by atoms with Crippen LogP contribution in [0.5, 0.6) is 5.75 Å². The minimum Gasteiger partial charge on any atom is -0.491 e. The molecule has 1 aromatic carbocycles. The van der Waals surface area contributed by atoms with Crippen molar-refractivity contribution in [2.45, 2.75) is 6.54 Å². The molecule has 0 aliphatic heterocycles. The number of aromatic nitrogens is 6. The number of ether oxygens (including phenoxy) is 2. The maximum Gasteiger partial charge on any atom is 0.206 e. The number of likely N-dealkylation sites (N-methyl/N-ethyl adjacent to an activating group) is 1. The Kier molecular flexibility index (Phi) is 6.30. The molecule has 0 amide bonds. The van der Waals surface area contributed by atoms with Gasteiger partial charge in [-0.2, -0.15) is 10.1 Å². The third-order valence-electron chi connectivity index (χ3n) is 4.91. The third kappa shape index (κ3) is 4.54. The first-order valence-corrected chi connectivity index (χ1v) is 9.95. The fraction of sp³-hybridized carbons (Fsp3) is 0.273. The van der Waals surface area contributed by atoms with E-state index < -0.39 is 0 Å². The van der Waals surface area contributed by atoms with Gasteiger partial charge in [0.2, 0.25) is 5.82 Å². The van der Waals surface area contributed by atoms with Crippen molar-refractivity contribution in [2.75, 3.05) is 39.7 Å². The summed E-state index contributed by atoms with van der Waals surface area (Å²) in [5, 5.41) is 10.3. The number of hydrogen-bond donors (Lipinski definition) is 3. The predicted octanol–water partition coefficient (Wildman–Crippen LogP) is 2.55. The number of aromatic amines is 2. The number of methoxy groups -OCH3 is 2. The molecule has 4 aromatic rings. The molecule has 0 spiro atoms. The van der Waals surface area contributed by atoms with Crippen LogP contribution in [-0.4, -0.2) is 69.5 Å². The number of H-pyrrole nitrogens is 2. The van der Waals surface area contributed by atoms with E-state index in [0.29, 0.717) is 35.4 Å². The van der Waals surface area contributed by atoms with E-state index in [9.17, 15) is 0 Å². The number of nitrogens with zero attached hydrogens (tertiary/aromatic N) is 5. The van der Waals surface area contributed by atoms with Crippen molar-refractivity contribution < 1.29 is 9.47 Å². The van der Waals surface area contributed by atoms with Crippen molar-refractivity contribution in [1.29, 1.82) is 0 Å². The number of fused-ring (bicyclic) bond motifs is 1. The van der Waals surface area contributed by atoms with Crippen LogP contribution in [0.15, 0.2) is 30.6 Å². The van der Waals surface area contributed by atoms with Gasteiger partial charge >= 0.3 is 0 Å². The zero-order valence-corrected chi connectivity index (χ0v) is 18.1. The second kappa shape index (κ2) is 9.47. The zero-order valence-electron chi connectivity index (χ0n) is 18.1. The van der Waals surface area contributed by atoms with Gasteiger partial charge in [0.1, 0.15) is 5.69 Å². The van der Waals surface area contributed by atoms with Crippen LogP contribution in [0.25, 0.3) is 22.6 Å². The number of nitrogens with one attached hydrogen (secondary N) is 3. The molecule has 0 saturated carbocycles. The SMILES string of the molecule is C#Cc1ncc(OC)c(Nc2cn[nH]c2-c2nc3ccc(CN(C)CCOC)cc3[nH]2)n1. The highest BCUT2D eigenvalue weighted by atomic mass is 16.5. The van der Waals surface area contributed by atoms with Gasteiger partial charge in [0, 0.05) is 20.2 Å². The van der Waals surface area contributed by atoms with Gasteiger partial charge < -0.3 is 19.8 Å². The highest BCUT2D eigenvalue weighted by Crippen LogP contribution is 2.30. The van der Waals surface area contributed by atoms with E-state index >= 15 is 0 Å². The molecule has 0 unspecified atom stereocenters. The number of hydrogen-bond acceptors (Lipinski definition) is 8. The van der Waals surface area contributed by atoms with Crippen molar-refractivity contribution in [1.82, 2.24) is 35.0 Å². The molecule has 0 aliphatic rings. The van der Waals surface area contributed by atoms with Crippen molar-refractivity contribution >= 4 is 22.5 Å². The van der Waals surface area contributed by atoms with Crippen LogP contribution in [0.3, 0.4) is 0 Å². The predicted molar refractivity (Wildman–Crippen MR) is 122 cm³/mol. The standard InChI is InChI=1S/C22H24N8O2/c1-5-19-23-12-18(32-4)21(28-19)27-17-11-24-29-20(17)22-25-15-7-6-14(10-16(15)26-22)13-30(2)8-9-31-3/h1,6-7,10-12H,8-9,13H2,2-4H3,(H,24,29)(H,25,26)(H,23,27,28). The fourth-order valence-electron chi connectivity index (χ4n) is 3.28. The summed E-state index contributed by atoms with van der Waals surface area (Å²) < 4.78 is 10.5. The molecule has 0 bridgehead atoms. The minimum atomic E-state index is 0.255. The molecular weight excluding hydrogens is 408 g/mol. The van der Waals surface area contributed by atoms with Crippen LogP contribution in [0, 0.1) is 12.3 Å². The molecule has 0 saturated heterocycles. The lowest BCUT2D eigenvalue weighted by atomic mass is 10.2. The Morgan fingerprint density at radius 2 is 2.09 bits per heavy atom. The van der Waals surface area contributed by atoms with Crippen LogP contribution in [0.1, 0.15) is 11.4 Å². The van der Waals surface area contributed by atoms with Crippen molar-refractivity contribution in [3.05, 3.63) is 42.0 Å². The molecule has 4 rings (SSSR count). The van der Waals surface area contributed by atoms with Crippen LogP contribution < -0.4 is 10.1 Å². The van der Waals surface area contributed by atoms with Gasteiger partial charge in [-0.15, -0.1) is 6.42 Å². The van der Waals surface area contributed by atoms with Gasteiger partial charge in [0.25, 0.3) is 0 Å². The van der Waals surface area contributed by atoms with Gasteiger partial charge in [0.15, 0.2) is 17.4 Å². The Bertz CT molecular complexity index is 1260. The average molecular weight is 432 g/mol. The van der Waals surface area contributed by atoms with Gasteiger partial charge in [-0.25, -0.2) is 9.97 Å². The molecule has 0 aliphatic carbocycles. The lowest BCUT2D eigenvalue weighted by molar-refractivity contribution is 0.158. The Labute approximate surface area is 185 Å². The summed E-state index contributed by atoms with van der Waals surface area (Å²) in [5.41, 5.74) is 4.33. The summed E-state index contributed by atoms with van der Waals surface area (Å²) in [6, 6.07) is 6.19. The van der Waals surface area contributed by atoms with Crippen molar-refractivity contribution in [3.63, 3.8) is 0 Å². The van der Waals surface area contributed by atoms with E-state index in [4.69, 9.17) is 20.9 Å². The fourth-order valence-corrected chi connectivity index (χ4v) is 3.28. The largest absolute Gasteiger partial charge is 0.491 e. The van der Waals surface area contributed by atoms with E-state index in [1.807, 2.05) is 6.07 Å². The minimum absolute atomic E-state index is 0.255. The first-order valence-electron chi connectivity index (χ1n) is 9.95. The Morgan fingerprint density at radius 1 is 1.22 bits per heavy atom. The number of anilines is 2. The van der Waals surface area contributed by atoms with Gasteiger partial charge in [-0.05, 0) is 30.7 Å². The molecule has 164 valence electrons. The van der Waals surface area contributed by atoms with Crippen LogP contribution in [-0.2, 0) is 11.3 Å². The first-order chi connectivity index (χ1) is 15.6. The quantitative estimate of drug-likeness (QED) is 0.346. The summed E-state index contributed by atoms with van der Waals surface area (Å²) >= 11 is 0. The second-order valence-electron chi connectivity index (χ2n) is 7.21. The monoisotopic (exact) mass is 432 g/mol. The molecule has 10 nitrogen and oxygen atoms in total. The maximum atomic E-state index is 5.43. The maximum absolute atomic E-state index is 5.43. The summed E-state index contributed by atoms with van der Waals surface area (Å²) in [4.78, 5) is 18.6. The van der Waals surface area contributed by atoms with Crippen LogP contribution >= 0.6 is 0 Å². The summed E-state index contributed by atoms with van der Waals surface area (Å²) in [7, 11) is 5.32. The van der Waals surface area contributed by atoms with Crippen LogP contribution in [0.4, 0.5) is 11.5 Å². The molecule has 3 aromatic heterocycles. The number of benzene rings is 1. The second-order valence-corrected chi connectivity index (χ2v) is 7.21. The molecule has 10 heteroatoms. The topological polar surface area (TPSA) is 117 Å². The number of rotatable bonds is 9. The molecular formula is C22H24N8O2. The van der Waals surface area contributed by atoms with E-state index in [2.05, 4.69) is 60.5 Å². The molecule has 0 fully saturated rings. The van der Waals surface area contributed by atoms with E-state index in [1.54, 1.807) is 20.4 Å². The van der Waals surface area contributed by atoms with Crippen LogP contribution in [0.2, 0.25) is 0 Å². The Balaban J connectivity index is 1.60. The number of imidazole rings is 1. The normalized spacial score (nSPS) is 11.1. The lowest BCUT2D eigenvalue weighted by Gasteiger charge is -2.15. The molecule has 0 atom stereocenters. The summed E-state index contributed by atoms with van der Waals surface area (Å²) in [5.74, 6) is 4.23. The summed E-state index contributed by atoms with van der Waals surface area (Å²) in [6.07, 6.45) is 8.60. The molecule has 0 radical (unpaired) electrons. The van der Waals surface area contributed by atoms with Crippen molar-refractivity contribution in [2.24, 2.45) is 0 Å². The van der Waals surface area contributed by atoms with Crippen molar-refractivity contribution in [3.8, 4) is 29.6 Å². The lowest BCUT2D eigenvalue weighted by Crippen LogP contribution is -2.22. The smallest absolute Gasteiger partial charge is 0.206 e. The van der Waals surface area contributed by atoms with Gasteiger partial charge in [0.05, 0.1) is 42.8 Å². The highest BCUT2D eigenvalue weighted by molar-refractivity contribution is 5.83. The van der Waals surface area contributed by atoms with E-state index in [-0.39, 0.29) is 5.82 Å². The Hall–Kier alpha value is -3.94. The van der Waals surface area contributed by atoms with Gasteiger partial charge in [-0.3, -0.25) is 10.00 Å². The molecule has 3 N–H and O–H groups in total. The van der Waals surface area contributed by atoms with E-state index in [0.717, 1.165) is 24.1 Å². The molecule has 3 heterocycles. The first kappa shape index (κ1) is 21.3. The Morgan fingerprint density at radius 3 is 2.88 bits per heavy atom. The number of terminal acetylenes is 1. The highest BCUT2D eigenvalue weighted by Gasteiger charge is 2.16. The third-order valence-corrected chi connectivity index (χ3v) is 4.91. The molecule has 32 heavy (non-hydrogen) atoms. The summed E-state index contributed by atoms with van der Waals surface area (Å²) in [6.45, 7) is 2.37. The van der Waals surface area contributed by atoms with Gasteiger partial charge in [-0.1, -0.05) is 6.07 Å². The zero-order chi connectivity index (χ0) is 22.5. The van der Waals surface area contributed by atoms with E-state index in [1.165, 1.54) is 11.8 Å².